The van der Waals surface area contributed by atoms with Gasteiger partial charge in [-0.1, -0.05) is 0 Å². The summed E-state index contributed by atoms with van der Waals surface area (Å²) >= 11 is 0. The van der Waals surface area contributed by atoms with Crippen LogP contribution in [0, 0.1) is 0 Å². The molecule has 1 heterocycles. The molecule has 0 saturated heterocycles. The van der Waals surface area contributed by atoms with Crippen molar-refractivity contribution in [2.45, 2.75) is 25.8 Å². The first kappa shape index (κ1) is 8.35. The van der Waals surface area contributed by atoms with Crippen LogP contribution in [0.25, 0.3) is 0 Å². The Morgan fingerprint density at radius 1 is 1.62 bits per heavy atom. The summed E-state index contributed by atoms with van der Waals surface area (Å²) in [6.07, 6.45) is 4.28. The molecule has 0 amide bonds. The zero-order valence-corrected chi connectivity index (χ0v) is 7.79. The van der Waals surface area contributed by atoms with Gasteiger partial charge in [0.05, 0.1) is 12.3 Å². The van der Waals surface area contributed by atoms with Crippen LogP contribution in [-0.4, -0.2) is 17.6 Å². The first-order valence-electron chi connectivity index (χ1n) is 4.74. The van der Waals surface area contributed by atoms with Gasteiger partial charge in [-0.15, -0.1) is 0 Å². The summed E-state index contributed by atoms with van der Waals surface area (Å²) in [6.45, 7) is 2.63. The second-order valence-electron chi connectivity index (χ2n) is 3.21. The normalized spacial score (nSPS) is 15.5. The van der Waals surface area contributed by atoms with Crippen LogP contribution in [0.3, 0.4) is 0 Å². The number of anilines is 1. The maximum atomic E-state index is 5.39. The van der Waals surface area contributed by atoms with Crippen LogP contribution >= 0.6 is 0 Å². The van der Waals surface area contributed by atoms with E-state index >= 15 is 0 Å². The third-order valence-corrected chi connectivity index (χ3v) is 1.99. The first-order valence-corrected chi connectivity index (χ1v) is 4.74. The van der Waals surface area contributed by atoms with Crippen molar-refractivity contribution in [1.29, 1.82) is 0 Å². The topological polar surface area (TPSA) is 34.1 Å². The molecule has 1 aliphatic carbocycles. The second kappa shape index (κ2) is 3.64. The van der Waals surface area contributed by atoms with Gasteiger partial charge in [-0.05, 0) is 31.9 Å². The average Bonchev–Trinajstić information content (AvgIpc) is 2.93. The van der Waals surface area contributed by atoms with Gasteiger partial charge >= 0.3 is 0 Å². The molecule has 1 N–H and O–H groups in total. The number of hydrogen-bond donors (Lipinski definition) is 1. The average molecular weight is 178 g/mol. The highest BCUT2D eigenvalue weighted by atomic mass is 16.5. The monoisotopic (exact) mass is 178 g/mol. The van der Waals surface area contributed by atoms with E-state index in [4.69, 9.17) is 4.74 Å². The predicted molar refractivity (Wildman–Crippen MR) is 52.1 cm³/mol. The van der Waals surface area contributed by atoms with E-state index in [0.29, 0.717) is 12.6 Å². The fraction of sp³-hybridized carbons (Fsp3) is 0.500. The van der Waals surface area contributed by atoms with Gasteiger partial charge in [-0.3, -0.25) is 0 Å². The summed E-state index contributed by atoms with van der Waals surface area (Å²) in [7, 11) is 0. The van der Waals surface area contributed by atoms with E-state index in [9.17, 15) is 0 Å². The first-order chi connectivity index (χ1) is 6.40. The Bertz CT molecular complexity index is 284. The van der Waals surface area contributed by atoms with Gasteiger partial charge in [0, 0.05) is 12.2 Å². The molecule has 13 heavy (non-hydrogen) atoms. The minimum Gasteiger partial charge on any atom is -0.476 e. The molecule has 1 fully saturated rings. The number of pyridine rings is 1. The molecule has 0 aromatic carbocycles. The molecular formula is C10H14N2O. The van der Waals surface area contributed by atoms with Crippen molar-refractivity contribution >= 4 is 5.69 Å². The van der Waals surface area contributed by atoms with Gasteiger partial charge < -0.3 is 10.1 Å². The van der Waals surface area contributed by atoms with Crippen LogP contribution in [0.4, 0.5) is 5.69 Å². The molecule has 0 spiro atoms. The highest BCUT2D eigenvalue weighted by molar-refractivity contribution is 5.53. The van der Waals surface area contributed by atoms with Crippen LogP contribution in [0.5, 0.6) is 5.88 Å². The number of ether oxygens (including phenoxy) is 1. The van der Waals surface area contributed by atoms with E-state index < -0.39 is 0 Å². The number of nitrogens with zero attached hydrogens (tertiary/aromatic N) is 1. The summed E-state index contributed by atoms with van der Waals surface area (Å²) in [5, 5.41) is 3.38. The Morgan fingerprint density at radius 3 is 3.15 bits per heavy atom. The molecule has 0 bridgehead atoms. The molecule has 0 radical (unpaired) electrons. The lowest BCUT2D eigenvalue weighted by molar-refractivity contribution is 0.328. The second-order valence-corrected chi connectivity index (χ2v) is 3.21. The maximum absolute atomic E-state index is 5.39. The van der Waals surface area contributed by atoms with E-state index in [0.717, 1.165) is 11.6 Å². The molecule has 3 nitrogen and oxygen atoms in total. The van der Waals surface area contributed by atoms with E-state index in [2.05, 4.69) is 10.3 Å². The van der Waals surface area contributed by atoms with Gasteiger partial charge in [-0.25, -0.2) is 4.98 Å². The Balaban J connectivity index is 2.10. The van der Waals surface area contributed by atoms with E-state index in [1.165, 1.54) is 12.8 Å². The Kier molecular flexibility index (Phi) is 2.34. The van der Waals surface area contributed by atoms with Gasteiger partial charge in [0.25, 0.3) is 0 Å². The summed E-state index contributed by atoms with van der Waals surface area (Å²) < 4.78 is 5.39. The van der Waals surface area contributed by atoms with Crippen molar-refractivity contribution in [3.63, 3.8) is 0 Å². The zero-order chi connectivity index (χ0) is 9.10. The van der Waals surface area contributed by atoms with Crippen molar-refractivity contribution in [1.82, 2.24) is 4.98 Å². The van der Waals surface area contributed by atoms with Gasteiger partial charge in [0.1, 0.15) is 0 Å². The summed E-state index contributed by atoms with van der Waals surface area (Å²) in [5.41, 5.74) is 1.02. The third kappa shape index (κ3) is 2.11. The molecular weight excluding hydrogens is 164 g/mol. The molecule has 2 rings (SSSR count). The Morgan fingerprint density at radius 2 is 2.46 bits per heavy atom. The number of aromatic nitrogens is 1. The number of hydrogen-bond acceptors (Lipinski definition) is 3. The van der Waals surface area contributed by atoms with Crippen molar-refractivity contribution in [2.24, 2.45) is 0 Å². The smallest absolute Gasteiger partial charge is 0.237 e. The summed E-state index contributed by atoms with van der Waals surface area (Å²) in [6, 6.07) is 4.58. The molecule has 0 atom stereocenters. The molecule has 1 aliphatic rings. The lowest BCUT2D eigenvalue weighted by Crippen LogP contribution is -2.05. The van der Waals surface area contributed by atoms with Crippen molar-refractivity contribution < 1.29 is 4.74 Å². The summed E-state index contributed by atoms with van der Waals surface area (Å²) in [5.74, 6) is 0.719. The number of rotatable bonds is 4. The predicted octanol–water partition coefficient (Wildman–Crippen LogP) is 2.05. The van der Waals surface area contributed by atoms with Crippen LogP contribution in [0.1, 0.15) is 19.8 Å². The molecule has 3 heteroatoms. The van der Waals surface area contributed by atoms with Crippen LogP contribution in [0.15, 0.2) is 18.3 Å². The molecule has 0 unspecified atom stereocenters. The lowest BCUT2D eigenvalue weighted by Gasteiger charge is -2.09. The minimum absolute atomic E-state index is 0.642. The Hall–Kier alpha value is -1.25. The van der Waals surface area contributed by atoms with E-state index in [-0.39, 0.29) is 0 Å². The van der Waals surface area contributed by atoms with Crippen LogP contribution in [-0.2, 0) is 0 Å². The highest BCUT2D eigenvalue weighted by Gasteiger charge is 2.22. The molecule has 1 aromatic heterocycles. The highest BCUT2D eigenvalue weighted by Crippen LogP contribution is 2.28. The summed E-state index contributed by atoms with van der Waals surface area (Å²) in [4.78, 5) is 4.16. The van der Waals surface area contributed by atoms with Crippen molar-refractivity contribution in [3.05, 3.63) is 18.3 Å². The largest absolute Gasteiger partial charge is 0.476 e. The zero-order valence-electron chi connectivity index (χ0n) is 7.79. The van der Waals surface area contributed by atoms with Crippen molar-refractivity contribution in [3.8, 4) is 5.88 Å². The number of nitrogens with one attached hydrogen (secondary N) is 1. The van der Waals surface area contributed by atoms with E-state index in [1.807, 2.05) is 19.1 Å². The quantitative estimate of drug-likeness (QED) is 0.766. The maximum Gasteiger partial charge on any atom is 0.237 e. The minimum atomic E-state index is 0.642. The van der Waals surface area contributed by atoms with Gasteiger partial charge in [-0.2, -0.15) is 0 Å². The van der Waals surface area contributed by atoms with Crippen LogP contribution < -0.4 is 10.1 Å². The molecule has 1 aromatic rings. The SMILES string of the molecule is CCOc1ncccc1NC1CC1. The molecule has 70 valence electrons. The third-order valence-electron chi connectivity index (χ3n) is 1.99. The van der Waals surface area contributed by atoms with Crippen molar-refractivity contribution in [2.75, 3.05) is 11.9 Å². The standard InChI is InChI=1S/C10H14N2O/c1-2-13-10-9(4-3-7-11-10)12-8-5-6-8/h3-4,7-8,12H,2,5-6H2,1H3. The fourth-order valence-corrected chi connectivity index (χ4v) is 1.20. The molecule has 1 saturated carbocycles. The van der Waals surface area contributed by atoms with Crippen LogP contribution in [0.2, 0.25) is 0 Å². The molecule has 0 aliphatic heterocycles. The fourth-order valence-electron chi connectivity index (χ4n) is 1.20. The lowest BCUT2D eigenvalue weighted by atomic mass is 10.4. The van der Waals surface area contributed by atoms with Gasteiger partial charge in [0.15, 0.2) is 0 Å². The van der Waals surface area contributed by atoms with E-state index in [1.54, 1.807) is 6.20 Å². The Labute approximate surface area is 78.1 Å². The van der Waals surface area contributed by atoms with Gasteiger partial charge in [0.2, 0.25) is 5.88 Å².